The van der Waals surface area contributed by atoms with Crippen LogP contribution in [0.2, 0.25) is 0 Å². The maximum atomic E-state index is 12.9. The standard InChI is InChI=1S/C13H11BrF3N3/c1-8-3-2-4-18-11(8)7-20-12-10(13(15,16)17)5-9(14)6-19-12/h2-6H,7H2,1H3,(H,19,20). The van der Waals surface area contributed by atoms with E-state index in [1.807, 2.05) is 13.0 Å². The van der Waals surface area contributed by atoms with Crippen molar-refractivity contribution in [3.05, 3.63) is 51.9 Å². The SMILES string of the molecule is Cc1cccnc1CNc1ncc(Br)cc1C(F)(F)F. The minimum atomic E-state index is -4.46. The number of nitrogens with zero attached hydrogens (tertiary/aromatic N) is 2. The molecule has 0 aromatic carbocycles. The topological polar surface area (TPSA) is 37.8 Å². The van der Waals surface area contributed by atoms with Gasteiger partial charge in [-0.05, 0) is 40.5 Å². The Kier molecular flexibility index (Phi) is 4.27. The number of hydrogen-bond donors (Lipinski definition) is 1. The Hall–Kier alpha value is -1.63. The molecule has 2 aromatic rings. The van der Waals surface area contributed by atoms with Crippen LogP contribution in [0.25, 0.3) is 0 Å². The van der Waals surface area contributed by atoms with Crippen molar-refractivity contribution >= 4 is 21.7 Å². The van der Waals surface area contributed by atoms with Crippen molar-refractivity contribution in [2.24, 2.45) is 0 Å². The second-order valence-electron chi connectivity index (χ2n) is 4.17. The van der Waals surface area contributed by atoms with Gasteiger partial charge >= 0.3 is 6.18 Å². The first kappa shape index (κ1) is 14.8. The minimum absolute atomic E-state index is 0.185. The smallest absolute Gasteiger partial charge is 0.364 e. The molecule has 20 heavy (non-hydrogen) atoms. The number of pyridine rings is 2. The summed E-state index contributed by atoms with van der Waals surface area (Å²) in [5.74, 6) is -0.203. The molecular weight excluding hydrogens is 335 g/mol. The molecule has 0 spiro atoms. The predicted octanol–water partition coefficient (Wildman–Crippen LogP) is 4.18. The first-order chi connectivity index (χ1) is 9.38. The summed E-state index contributed by atoms with van der Waals surface area (Å²) < 4.78 is 39.0. The lowest BCUT2D eigenvalue weighted by Crippen LogP contribution is -2.13. The summed E-state index contributed by atoms with van der Waals surface area (Å²) in [6.45, 7) is 2.04. The largest absolute Gasteiger partial charge is 0.419 e. The van der Waals surface area contributed by atoms with Crippen LogP contribution in [0.15, 0.2) is 35.1 Å². The zero-order valence-corrected chi connectivity index (χ0v) is 12.1. The Morgan fingerprint density at radius 3 is 2.70 bits per heavy atom. The third-order valence-electron chi connectivity index (χ3n) is 2.70. The van der Waals surface area contributed by atoms with Gasteiger partial charge in [0.05, 0.1) is 17.8 Å². The molecule has 7 heteroatoms. The highest BCUT2D eigenvalue weighted by molar-refractivity contribution is 9.10. The molecule has 0 aliphatic rings. The van der Waals surface area contributed by atoms with E-state index in [1.165, 1.54) is 6.20 Å². The van der Waals surface area contributed by atoms with Gasteiger partial charge in [-0.1, -0.05) is 6.07 Å². The van der Waals surface area contributed by atoms with Crippen molar-refractivity contribution in [1.82, 2.24) is 9.97 Å². The molecule has 106 valence electrons. The summed E-state index contributed by atoms with van der Waals surface area (Å²) in [6.07, 6.45) is -1.54. The van der Waals surface area contributed by atoms with Crippen molar-refractivity contribution in [2.75, 3.05) is 5.32 Å². The average Bonchev–Trinajstić information content (AvgIpc) is 2.38. The van der Waals surface area contributed by atoms with Crippen molar-refractivity contribution < 1.29 is 13.2 Å². The number of anilines is 1. The number of aromatic nitrogens is 2. The summed E-state index contributed by atoms with van der Waals surface area (Å²) in [7, 11) is 0. The Bertz CT molecular complexity index is 614. The maximum absolute atomic E-state index is 12.9. The quantitative estimate of drug-likeness (QED) is 0.906. The first-order valence-corrected chi connectivity index (χ1v) is 6.54. The second-order valence-corrected chi connectivity index (χ2v) is 5.08. The molecule has 0 aliphatic carbocycles. The molecule has 2 heterocycles. The molecule has 3 nitrogen and oxygen atoms in total. The summed E-state index contributed by atoms with van der Waals surface area (Å²) in [5, 5.41) is 2.69. The molecule has 0 saturated heterocycles. The molecule has 0 bridgehead atoms. The number of aryl methyl sites for hydroxylation is 1. The Labute approximate surface area is 122 Å². The van der Waals surface area contributed by atoms with E-state index in [2.05, 4.69) is 31.2 Å². The van der Waals surface area contributed by atoms with Gasteiger partial charge in [-0.25, -0.2) is 4.98 Å². The van der Waals surface area contributed by atoms with E-state index < -0.39 is 11.7 Å². The van der Waals surface area contributed by atoms with Crippen molar-refractivity contribution in [2.45, 2.75) is 19.6 Å². The molecule has 1 N–H and O–H groups in total. The summed E-state index contributed by atoms with van der Waals surface area (Å²) >= 11 is 2.99. The monoisotopic (exact) mass is 345 g/mol. The lowest BCUT2D eigenvalue weighted by atomic mass is 10.2. The van der Waals surface area contributed by atoms with E-state index in [-0.39, 0.29) is 16.8 Å². The molecule has 2 rings (SSSR count). The molecule has 0 saturated carbocycles. The van der Waals surface area contributed by atoms with Crippen molar-refractivity contribution in [1.29, 1.82) is 0 Å². The van der Waals surface area contributed by atoms with Gasteiger partial charge in [0.2, 0.25) is 0 Å². The van der Waals surface area contributed by atoms with Crippen molar-refractivity contribution in [3.63, 3.8) is 0 Å². The lowest BCUT2D eigenvalue weighted by molar-refractivity contribution is -0.137. The van der Waals surface area contributed by atoms with Crippen LogP contribution in [0.3, 0.4) is 0 Å². The average molecular weight is 346 g/mol. The Morgan fingerprint density at radius 2 is 2.05 bits per heavy atom. The number of nitrogens with one attached hydrogen (secondary N) is 1. The Balaban J connectivity index is 2.24. The molecule has 0 amide bonds. The normalized spacial score (nSPS) is 11.4. The number of alkyl halides is 3. The zero-order valence-electron chi connectivity index (χ0n) is 10.5. The molecule has 0 fully saturated rings. The summed E-state index contributed by atoms with van der Waals surface area (Å²) in [4.78, 5) is 7.91. The fourth-order valence-corrected chi connectivity index (χ4v) is 2.00. The third kappa shape index (κ3) is 3.47. The van der Waals surface area contributed by atoms with E-state index in [1.54, 1.807) is 12.3 Å². The van der Waals surface area contributed by atoms with Crippen LogP contribution in [0.1, 0.15) is 16.8 Å². The zero-order chi connectivity index (χ0) is 14.8. The minimum Gasteiger partial charge on any atom is -0.364 e. The fraction of sp³-hybridized carbons (Fsp3) is 0.231. The first-order valence-electron chi connectivity index (χ1n) is 5.75. The van der Waals surface area contributed by atoms with Gasteiger partial charge in [0.1, 0.15) is 5.82 Å². The van der Waals surface area contributed by atoms with E-state index in [9.17, 15) is 13.2 Å². The highest BCUT2D eigenvalue weighted by Crippen LogP contribution is 2.35. The summed E-state index contributed by atoms with van der Waals surface area (Å²) in [5.41, 5.74) is 0.788. The Morgan fingerprint density at radius 1 is 1.30 bits per heavy atom. The highest BCUT2D eigenvalue weighted by atomic mass is 79.9. The van der Waals surface area contributed by atoms with Crippen LogP contribution in [0.5, 0.6) is 0 Å². The van der Waals surface area contributed by atoms with Gasteiger partial charge in [0, 0.05) is 16.9 Å². The molecule has 2 aromatic heterocycles. The van der Waals surface area contributed by atoms with Crippen LogP contribution >= 0.6 is 15.9 Å². The van der Waals surface area contributed by atoms with E-state index in [0.717, 1.165) is 11.6 Å². The number of rotatable bonds is 3. The third-order valence-corrected chi connectivity index (χ3v) is 3.13. The highest BCUT2D eigenvalue weighted by Gasteiger charge is 2.34. The lowest BCUT2D eigenvalue weighted by Gasteiger charge is -2.14. The number of halogens is 4. The van der Waals surface area contributed by atoms with Crippen LogP contribution < -0.4 is 5.32 Å². The predicted molar refractivity (Wildman–Crippen MR) is 73.2 cm³/mol. The van der Waals surface area contributed by atoms with Gasteiger partial charge in [-0.3, -0.25) is 4.98 Å². The van der Waals surface area contributed by atoms with Crippen molar-refractivity contribution in [3.8, 4) is 0 Å². The maximum Gasteiger partial charge on any atom is 0.419 e. The molecular formula is C13H11BrF3N3. The molecule has 0 aliphatic heterocycles. The van der Waals surface area contributed by atoms with Crippen LogP contribution in [-0.4, -0.2) is 9.97 Å². The van der Waals surface area contributed by atoms with E-state index >= 15 is 0 Å². The van der Waals surface area contributed by atoms with Crippen LogP contribution in [0, 0.1) is 6.92 Å². The van der Waals surface area contributed by atoms with Crippen LogP contribution in [0.4, 0.5) is 19.0 Å². The van der Waals surface area contributed by atoms with Gasteiger partial charge in [-0.15, -0.1) is 0 Å². The molecule has 0 unspecified atom stereocenters. The molecule has 0 radical (unpaired) electrons. The van der Waals surface area contributed by atoms with Gasteiger partial charge < -0.3 is 5.32 Å². The fourth-order valence-electron chi connectivity index (χ4n) is 1.67. The second kappa shape index (κ2) is 5.78. The van der Waals surface area contributed by atoms with Crippen LogP contribution in [-0.2, 0) is 12.7 Å². The van der Waals surface area contributed by atoms with E-state index in [4.69, 9.17) is 0 Å². The summed E-state index contributed by atoms with van der Waals surface area (Å²) in [6, 6.07) is 4.63. The van der Waals surface area contributed by atoms with E-state index in [0.29, 0.717) is 5.69 Å². The number of hydrogen-bond acceptors (Lipinski definition) is 3. The van der Waals surface area contributed by atoms with Gasteiger partial charge in [0.15, 0.2) is 0 Å². The van der Waals surface area contributed by atoms with Gasteiger partial charge in [-0.2, -0.15) is 13.2 Å². The molecule has 0 atom stereocenters. The van der Waals surface area contributed by atoms with Gasteiger partial charge in [0.25, 0.3) is 0 Å².